The third kappa shape index (κ3) is 7.35. The molecule has 0 spiro atoms. The number of aryl methyl sites for hydroxylation is 1. The number of likely N-dealkylation sites (N-methyl/N-ethyl adjacent to an activating group) is 1. The van der Waals surface area contributed by atoms with E-state index in [1.807, 2.05) is 32.2 Å². The average molecular weight is 556 g/mol. The number of halogens is 1. The zero-order valence-corrected chi connectivity index (χ0v) is 21.9. The maximum absolute atomic E-state index is 10.8. The average Bonchev–Trinajstić information content (AvgIpc) is 3.23. The number of aliphatic imine (C=N–C) groups is 1. The van der Waals surface area contributed by atoms with Crippen LogP contribution in [0.2, 0.25) is 0 Å². The molecular formula is C23H37IN6O2. The third-order valence-electron chi connectivity index (χ3n) is 5.59. The van der Waals surface area contributed by atoms with E-state index >= 15 is 0 Å². The van der Waals surface area contributed by atoms with Gasteiger partial charge in [-0.3, -0.25) is 0 Å². The van der Waals surface area contributed by atoms with Crippen LogP contribution in [0.5, 0.6) is 0 Å². The van der Waals surface area contributed by atoms with Crippen LogP contribution in [0.3, 0.4) is 0 Å². The van der Waals surface area contributed by atoms with Crippen molar-refractivity contribution in [2.24, 2.45) is 4.99 Å². The van der Waals surface area contributed by atoms with Gasteiger partial charge in [-0.25, -0.2) is 9.98 Å². The molecular weight excluding hydrogens is 519 g/mol. The summed E-state index contributed by atoms with van der Waals surface area (Å²) in [5, 5.41) is 17.2. The van der Waals surface area contributed by atoms with Crippen LogP contribution in [0.25, 0.3) is 0 Å². The first-order valence-electron chi connectivity index (χ1n) is 11.1. The van der Waals surface area contributed by atoms with Crippen LogP contribution in [0.15, 0.2) is 39.9 Å². The van der Waals surface area contributed by atoms with Gasteiger partial charge in [-0.1, -0.05) is 6.92 Å². The minimum atomic E-state index is -1.13. The van der Waals surface area contributed by atoms with Crippen LogP contribution in [0, 0.1) is 6.92 Å². The SMILES string of the molecule is CCNC(=NCc1ccnc(N2CCN(CC)CC2)c1)NCC(C)(O)c1ccc(C)o1.I. The molecule has 0 aliphatic carbocycles. The van der Waals surface area contributed by atoms with E-state index in [1.165, 1.54) is 0 Å². The van der Waals surface area contributed by atoms with Crippen LogP contribution in [-0.4, -0.2) is 66.8 Å². The molecule has 0 radical (unpaired) electrons. The largest absolute Gasteiger partial charge is 0.463 e. The number of aliphatic hydroxyl groups is 1. The summed E-state index contributed by atoms with van der Waals surface area (Å²) in [4.78, 5) is 14.1. The Kier molecular flexibility index (Phi) is 10.2. The van der Waals surface area contributed by atoms with Gasteiger partial charge in [0.25, 0.3) is 0 Å². The molecule has 32 heavy (non-hydrogen) atoms. The lowest BCUT2D eigenvalue weighted by atomic mass is 10.0. The number of guanidine groups is 1. The normalized spacial score (nSPS) is 16.9. The quantitative estimate of drug-likeness (QED) is 0.262. The van der Waals surface area contributed by atoms with Crippen molar-refractivity contribution in [2.75, 3.05) is 50.7 Å². The van der Waals surface area contributed by atoms with Crippen molar-refractivity contribution in [1.29, 1.82) is 0 Å². The maximum atomic E-state index is 10.8. The summed E-state index contributed by atoms with van der Waals surface area (Å²) in [5.74, 6) is 2.98. The highest BCUT2D eigenvalue weighted by Crippen LogP contribution is 2.22. The fourth-order valence-corrected chi connectivity index (χ4v) is 3.60. The number of nitrogens with one attached hydrogen (secondary N) is 2. The first-order chi connectivity index (χ1) is 14.9. The Morgan fingerprint density at radius 1 is 1.19 bits per heavy atom. The van der Waals surface area contributed by atoms with Gasteiger partial charge < -0.3 is 30.0 Å². The molecule has 1 aliphatic heterocycles. The molecule has 9 heteroatoms. The Balaban J connectivity index is 0.00000363. The monoisotopic (exact) mass is 556 g/mol. The van der Waals surface area contributed by atoms with E-state index in [1.54, 1.807) is 13.0 Å². The van der Waals surface area contributed by atoms with Gasteiger partial charge in [0.15, 0.2) is 5.96 Å². The molecule has 1 fully saturated rings. The first kappa shape index (κ1) is 26.4. The van der Waals surface area contributed by atoms with Crippen LogP contribution < -0.4 is 15.5 Å². The highest BCUT2D eigenvalue weighted by atomic mass is 127. The molecule has 1 atom stereocenters. The van der Waals surface area contributed by atoms with Crippen molar-refractivity contribution in [3.63, 3.8) is 0 Å². The van der Waals surface area contributed by atoms with E-state index in [-0.39, 0.29) is 30.5 Å². The Morgan fingerprint density at radius 3 is 2.56 bits per heavy atom. The van der Waals surface area contributed by atoms with E-state index < -0.39 is 5.60 Å². The molecule has 2 aromatic heterocycles. The second-order valence-corrected chi connectivity index (χ2v) is 8.18. The molecule has 1 aliphatic rings. The van der Waals surface area contributed by atoms with E-state index in [9.17, 15) is 5.11 Å². The number of aromatic nitrogens is 1. The van der Waals surface area contributed by atoms with Gasteiger partial charge in [-0.05, 0) is 57.1 Å². The summed E-state index contributed by atoms with van der Waals surface area (Å²) < 4.78 is 5.59. The predicted octanol–water partition coefficient (Wildman–Crippen LogP) is 2.71. The number of hydrogen-bond acceptors (Lipinski definition) is 6. The summed E-state index contributed by atoms with van der Waals surface area (Å²) in [7, 11) is 0. The molecule has 3 rings (SSSR count). The number of furan rings is 1. The number of pyridine rings is 1. The lowest BCUT2D eigenvalue weighted by Gasteiger charge is -2.34. The standard InChI is InChI=1S/C23H36N6O2.HI/c1-5-24-22(27-17-23(4,30)20-8-7-18(3)31-20)26-16-19-9-10-25-21(15-19)29-13-11-28(6-2)12-14-29;/h7-10,15,30H,5-6,11-14,16-17H2,1-4H3,(H2,24,26,27);1H. The van der Waals surface area contributed by atoms with Gasteiger partial charge in [0.2, 0.25) is 0 Å². The molecule has 1 unspecified atom stereocenters. The predicted molar refractivity (Wildman–Crippen MR) is 140 cm³/mol. The molecule has 1 saturated heterocycles. The van der Waals surface area contributed by atoms with Gasteiger partial charge in [-0.15, -0.1) is 24.0 Å². The molecule has 2 aromatic rings. The van der Waals surface area contributed by atoms with Crippen LogP contribution >= 0.6 is 24.0 Å². The lowest BCUT2D eigenvalue weighted by Crippen LogP contribution is -2.46. The van der Waals surface area contributed by atoms with Crippen molar-refractivity contribution in [3.05, 3.63) is 47.5 Å². The highest BCUT2D eigenvalue weighted by molar-refractivity contribution is 14.0. The summed E-state index contributed by atoms with van der Waals surface area (Å²) >= 11 is 0. The molecule has 3 N–H and O–H groups in total. The number of anilines is 1. The number of hydrogen-bond donors (Lipinski definition) is 3. The fraction of sp³-hybridized carbons (Fsp3) is 0.565. The second kappa shape index (κ2) is 12.4. The summed E-state index contributed by atoms with van der Waals surface area (Å²) in [6.45, 7) is 14.6. The Bertz CT molecular complexity index is 862. The van der Waals surface area contributed by atoms with E-state index in [4.69, 9.17) is 9.41 Å². The van der Waals surface area contributed by atoms with Crippen molar-refractivity contribution >= 4 is 35.8 Å². The Hall–Kier alpha value is -1.85. The summed E-state index contributed by atoms with van der Waals surface area (Å²) in [6, 6.07) is 7.78. The lowest BCUT2D eigenvalue weighted by molar-refractivity contribution is 0.0378. The zero-order valence-electron chi connectivity index (χ0n) is 19.6. The molecule has 0 bridgehead atoms. The first-order valence-corrected chi connectivity index (χ1v) is 11.1. The highest BCUT2D eigenvalue weighted by Gasteiger charge is 2.27. The van der Waals surface area contributed by atoms with E-state index in [2.05, 4.69) is 38.4 Å². The molecule has 0 saturated carbocycles. The maximum Gasteiger partial charge on any atom is 0.191 e. The van der Waals surface area contributed by atoms with Crippen LogP contribution in [0.4, 0.5) is 5.82 Å². The van der Waals surface area contributed by atoms with E-state index in [0.29, 0.717) is 18.3 Å². The molecule has 178 valence electrons. The number of piperazine rings is 1. The smallest absolute Gasteiger partial charge is 0.191 e. The molecule has 0 amide bonds. The van der Waals surface area contributed by atoms with Crippen LogP contribution in [-0.2, 0) is 12.1 Å². The minimum absolute atomic E-state index is 0. The van der Waals surface area contributed by atoms with Crippen LogP contribution in [0.1, 0.15) is 37.9 Å². The van der Waals surface area contributed by atoms with Crippen molar-refractivity contribution in [2.45, 2.75) is 39.8 Å². The van der Waals surface area contributed by atoms with Crippen molar-refractivity contribution in [1.82, 2.24) is 20.5 Å². The Morgan fingerprint density at radius 2 is 1.94 bits per heavy atom. The van der Waals surface area contributed by atoms with Gasteiger partial charge in [0, 0.05) is 38.9 Å². The molecule has 0 aromatic carbocycles. The Labute approximate surface area is 208 Å². The second-order valence-electron chi connectivity index (χ2n) is 8.18. The summed E-state index contributed by atoms with van der Waals surface area (Å²) in [6.07, 6.45) is 1.86. The topological polar surface area (TPSA) is 89.2 Å². The molecule has 8 nitrogen and oxygen atoms in total. The van der Waals surface area contributed by atoms with Gasteiger partial charge in [-0.2, -0.15) is 0 Å². The fourth-order valence-electron chi connectivity index (χ4n) is 3.60. The summed E-state index contributed by atoms with van der Waals surface area (Å²) in [5.41, 5.74) is -0.0249. The zero-order chi connectivity index (χ0) is 22.3. The number of rotatable bonds is 8. The van der Waals surface area contributed by atoms with Gasteiger partial charge in [0.05, 0.1) is 13.1 Å². The number of nitrogens with zero attached hydrogens (tertiary/aromatic N) is 4. The van der Waals surface area contributed by atoms with Gasteiger partial charge in [0.1, 0.15) is 22.9 Å². The van der Waals surface area contributed by atoms with Gasteiger partial charge >= 0.3 is 0 Å². The van der Waals surface area contributed by atoms with Crippen molar-refractivity contribution in [3.8, 4) is 0 Å². The van der Waals surface area contributed by atoms with E-state index in [0.717, 1.165) is 56.4 Å². The third-order valence-corrected chi connectivity index (χ3v) is 5.59. The molecule has 3 heterocycles. The minimum Gasteiger partial charge on any atom is -0.463 e. The van der Waals surface area contributed by atoms with Crippen molar-refractivity contribution < 1.29 is 9.52 Å².